The van der Waals surface area contributed by atoms with Crippen LogP contribution in [-0.4, -0.2) is 36.9 Å². The molecular weight excluding hydrogens is 296 g/mol. The molecular formula is C11H11F2NO5S. The molecule has 0 saturated heterocycles. The van der Waals surface area contributed by atoms with Crippen molar-refractivity contribution in [3.63, 3.8) is 0 Å². The monoisotopic (exact) mass is 307 g/mol. The van der Waals surface area contributed by atoms with Crippen LogP contribution in [0.2, 0.25) is 0 Å². The van der Waals surface area contributed by atoms with Crippen LogP contribution in [-0.2, 0) is 14.6 Å². The molecule has 0 heterocycles. The zero-order valence-corrected chi connectivity index (χ0v) is 11.3. The molecule has 1 atom stereocenters. The van der Waals surface area contributed by atoms with Crippen molar-refractivity contribution in [1.82, 2.24) is 0 Å². The van der Waals surface area contributed by atoms with Crippen molar-refractivity contribution >= 4 is 27.4 Å². The van der Waals surface area contributed by atoms with Crippen molar-refractivity contribution in [3.05, 3.63) is 29.3 Å². The summed E-state index contributed by atoms with van der Waals surface area (Å²) in [7, 11) is -3.69. The molecule has 1 amide bonds. The van der Waals surface area contributed by atoms with Crippen LogP contribution in [0.4, 0.5) is 14.5 Å². The lowest BCUT2D eigenvalue weighted by atomic mass is 10.1. The average Bonchev–Trinajstić information content (AvgIpc) is 2.29. The predicted octanol–water partition coefficient (Wildman–Crippen LogP) is 1.03. The highest BCUT2D eigenvalue weighted by atomic mass is 32.2. The number of nitrogens with one attached hydrogen (secondary N) is 1. The lowest BCUT2D eigenvalue weighted by Gasteiger charge is -2.12. The molecule has 9 heteroatoms. The number of carboxylic acid groups (broad SMARTS) is 1. The highest BCUT2D eigenvalue weighted by Gasteiger charge is 2.25. The second-order valence-electron chi connectivity index (χ2n) is 4.08. The summed E-state index contributed by atoms with van der Waals surface area (Å²) >= 11 is 0. The van der Waals surface area contributed by atoms with Gasteiger partial charge in [-0.15, -0.1) is 0 Å². The molecule has 0 aliphatic heterocycles. The van der Waals surface area contributed by atoms with Gasteiger partial charge in [-0.3, -0.25) is 4.79 Å². The molecule has 0 fully saturated rings. The predicted molar refractivity (Wildman–Crippen MR) is 66.3 cm³/mol. The number of rotatable bonds is 4. The molecule has 0 saturated carbocycles. The summed E-state index contributed by atoms with van der Waals surface area (Å²) in [6.07, 6.45) is 0.820. The summed E-state index contributed by atoms with van der Waals surface area (Å²) in [5.41, 5.74) is -1.45. The van der Waals surface area contributed by atoms with E-state index in [-0.39, 0.29) is 0 Å². The second-order valence-corrected chi connectivity index (χ2v) is 6.44. The Kier molecular flexibility index (Phi) is 4.43. The Labute approximate surface area is 113 Å². The van der Waals surface area contributed by atoms with Crippen LogP contribution in [0, 0.1) is 11.6 Å². The van der Waals surface area contributed by atoms with E-state index < -0.39 is 49.8 Å². The van der Waals surface area contributed by atoms with E-state index >= 15 is 0 Å². The van der Waals surface area contributed by atoms with Crippen molar-refractivity contribution in [2.24, 2.45) is 0 Å². The fourth-order valence-electron chi connectivity index (χ4n) is 1.24. The number of carbonyl (C=O) groups excluding carboxylic acids is 1. The molecule has 0 radical (unpaired) electrons. The van der Waals surface area contributed by atoms with Gasteiger partial charge in [0.2, 0.25) is 5.91 Å². The number of benzene rings is 1. The maximum atomic E-state index is 13.4. The molecule has 0 aromatic heterocycles. The van der Waals surface area contributed by atoms with E-state index in [1.165, 1.54) is 0 Å². The first-order valence-electron chi connectivity index (χ1n) is 5.26. The molecule has 2 N–H and O–H groups in total. The van der Waals surface area contributed by atoms with Crippen LogP contribution < -0.4 is 5.32 Å². The largest absolute Gasteiger partial charge is 0.478 e. The standard InChI is InChI=1S/C11H11F2NO5S/c1-5(20(2,18)19)10(15)14-9-3-6(11(16)17)7(12)4-8(9)13/h3-5H,1-2H3,(H,14,15)(H,16,17). The maximum absolute atomic E-state index is 13.4. The van der Waals surface area contributed by atoms with E-state index in [0.29, 0.717) is 12.1 Å². The smallest absolute Gasteiger partial charge is 0.338 e. The van der Waals surface area contributed by atoms with Crippen molar-refractivity contribution in [2.75, 3.05) is 11.6 Å². The number of sulfone groups is 1. The van der Waals surface area contributed by atoms with Crippen LogP contribution >= 0.6 is 0 Å². The van der Waals surface area contributed by atoms with Crippen LogP contribution in [0.25, 0.3) is 0 Å². The SMILES string of the molecule is CC(C(=O)Nc1cc(C(=O)O)c(F)cc1F)S(C)(=O)=O. The Morgan fingerprint density at radius 1 is 1.25 bits per heavy atom. The normalized spacial score (nSPS) is 12.8. The van der Waals surface area contributed by atoms with Gasteiger partial charge in [0.25, 0.3) is 0 Å². The van der Waals surface area contributed by atoms with Gasteiger partial charge in [-0.25, -0.2) is 22.0 Å². The van der Waals surface area contributed by atoms with Crippen LogP contribution in [0.3, 0.4) is 0 Å². The van der Waals surface area contributed by atoms with E-state index in [0.717, 1.165) is 13.2 Å². The zero-order valence-electron chi connectivity index (χ0n) is 10.5. The van der Waals surface area contributed by atoms with E-state index in [1.807, 2.05) is 5.32 Å². The summed E-state index contributed by atoms with van der Waals surface area (Å²) in [6, 6.07) is 0.879. The third-order valence-corrected chi connectivity index (χ3v) is 4.05. The third kappa shape index (κ3) is 3.50. The van der Waals surface area contributed by atoms with Gasteiger partial charge in [-0.05, 0) is 13.0 Å². The number of halogens is 2. The molecule has 6 nitrogen and oxygen atoms in total. The molecule has 0 spiro atoms. The molecule has 20 heavy (non-hydrogen) atoms. The number of amides is 1. The lowest BCUT2D eigenvalue weighted by Crippen LogP contribution is -2.32. The van der Waals surface area contributed by atoms with Gasteiger partial charge < -0.3 is 10.4 Å². The maximum Gasteiger partial charge on any atom is 0.338 e. The Morgan fingerprint density at radius 2 is 1.80 bits per heavy atom. The molecule has 1 aromatic carbocycles. The molecule has 1 rings (SSSR count). The summed E-state index contributed by atoms with van der Waals surface area (Å²) in [6.45, 7) is 1.09. The molecule has 1 aromatic rings. The van der Waals surface area contributed by atoms with Crippen molar-refractivity contribution in [2.45, 2.75) is 12.2 Å². The highest BCUT2D eigenvalue weighted by molar-refractivity contribution is 7.92. The van der Waals surface area contributed by atoms with E-state index in [4.69, 9.17) is 5.11 Å². The Hall–Kier alpha value is -2.03. The van der Waals surface area contributed by atoms with Gasteiger partial charge in [0, 0.05) is 12.3 Å². The van der Waals surface area contributed by atoms with Crippen LogP contribution in [0.1, 0.15) is 17.3 Å². The fraction of sp³-hybridized carbons (Fsp3) is 0.273. The molecule has 0 aliphatic rings. The Morgan fingerprint density at radius 3 is 2.25 bits per heavy atom. The van der Waals surface area contributed by atoms with Crippen molar-refractivity contribution < 1.29 is 31.9 Å². The van der Waals surface area contributed by atoms with Gasteiger partial charge in [0.05, 0.1) is 11.3 Å². The molecule has 0 bridgehead atoms. The van der Waals surface area contributed by atoms with Crippen LogP contribution in [0.5, 0.6) is 0 Å². The average molecular weight is 307 g/mol. The Balaban J connectivity index is 3.13. The minimum Gasteiger partial charge on any atom is -0.478 e. The van der Waals surface area contributed by atoms with Gasteiger partial charge in [0.15, 0.2) is 9.84 Å². The Bertz CT molecular complexity index is 672. The first-order valence-corrected chi connectivity index (χ1v) is 7.21. The number of hydrogen-bond acceptors (Lipinski definition) is 4. The summed E-state index contributed by atoms with van der Waals surface area (Å²) < 4.78 is 48.9. The first kappa shape index (κ1) is 16.0. The summed E-state index contributed by atoms with van der Waals surface area (Å²) in [5, 5.41) is 9.14. The fourth-order valence-corrected chi connectivity index (χ4v) is 1.69. The van der Waals surface area contributed by atoms with Crippen molar-refractivity contribution in [3.8, 4) is 0 Å². The van der Waals surface area contributed by atoms with E-state index in [9.17, 15) is 26.8 Å². The summed E-state index contributed by atoms with van der Waals surface area (Å²) in [4.78, 5) is 22.3. The highest BCUT2D eigenvalue weighted by Crippen LogP contribution is 2.20. The lowest BCUT2D eigenvalue weighted by molar-refractivity contribution is -0.115. The molecule has 110 valence electrons. The van der Waals surface area contributed by atoms with Gasteiger partial charge >= 0.3 is 5.97 Å². The minimum absolute atomic E-state index is 0.296. The first-order chi connectivity index (χ1) is 9.04. The second kappa shape index (κ2) is 5.53. The number of carbonyl (C=O) groups is 2. The number of anilines is 1. The quantitative estimate of drug-likeness (QED) is 0.865. The van der Waals surface area contributed by atoms with E-state index in [1.54, 1.807) is 0 Å². The van der Waals surface area contributed by atoms with Crippen molar-refractivity contribution in [1.29, 1.82) is 0 Å². The van der Waals surface area contributed by atoms with Crippen LogP contribution in [0.15, 0.2) is 12.1 Å². The third-order valence-electron chi connectivity index (χ3n) is 2.56. The minimum atomic E-state index is -3.69. The van der Waals surface area contributed by atoms with Gasteiger partial charge in [-0.2, -0.15) is 0 Å². The number of hydrogen-bond donors (Lipinski definition) is 2. The zero-order chi connectivity index (χ0) is 15.7. The molecule has 1 unspecified atom stereocenters. The summed E-state index contributed by atoms with van der Waals surface area (Å²) in [5.74, 6) is -5.20. The topological polar surface area (TPSA) is 101 Å². The van der Waals surface area contributed by atoms with E-state index in [2.05, 4.69) is 0 Å². The van der Waals surface area contributed by atoms with Gasteiger partial charge in [0.1, 0.15) is 16.9 Å². The number of carboxylic acids is 1. The van der Waals surface area contributed by atoms with Gasteiger partial charge in [-0.1, -0.05) is 0 Å². The number of aromatic carboxylic acids is 1. The molecule has 0 aliphatic carbocycles.